The van der Waals surface area contributed by atoms with Crippen molar-refractivity contribution in [2.45, 2.75) is 24.9 Å². The zero-order valence-corrected chi connectivity index (χ0v) is 14.8. The number of amides is 1. The normalized spacial score (nSPS) is 18.7. The first-order valence-electron chi connectivity index (χ1n) is 7.91. The van der Waals surface area contributed by atoms with E-state index < -0.39 is 5.91 Å². The van der Waals surface area contributed by atoms with Crippen molar-refractivity contribution in [1.82, 2.24) is 10.3 Å². The maximum absolute atomic E-state index is 11.4. The predicted molar refractivity (Wildman–Crippen MR) is 96.8 cm³/mol. The van der Waals surface area contributed by atoms with E-state index >= 15 is 0 Å². The third kappa shape index (κ3) is 2.95. The van der Waals surface area contributed by atoms with Gasteiger partial charge in [-0.15, -0.1) is 23.7 Å². The molecule has 1 saturated heterocycles. The molecule has 5 nitrogen and oxygen atoms in total. The van der Waals surface area contributed by atoms with Gasteiger partial charge in [0.25, 0.3) is 0 Å². The molecule has 0 bridgehead atoms. The molecule has 0 saturated carbocycles. The van der Waals surface area contributed by atoms with Crippen LogP contribution in [0.5, 0.6) is 0 Å². The van der Waals surface area contributed by atoms with E-state index in [9.17, 15) is 4.79 Å². The van der Waals surface area contributed by atoms with Gasteiger partial charge in [0, 0.05) is 27.7 Å². The molecule has 7 heteroatoms. The first-order chi connectivity index (χ1) is 11.2. The molecule has 0 radical (unpaired) electrons. The van der Waals surface area contributed by atoms with Gasteiger partial charge in [-0.25, -0.2) is 0 Å². The number of piperidine rings is 1. The van der Waals surface area contributed by atoms with Gasteiger partial charge in [0.15, 0.2) is 0 Å². The largest absolute Gasteiger partial charge is 0.369 e. The van der Waals surface area contributed by atoms with E-state index in [1.807, 2.05) is 6.07 Å². The number of hydrogen-bond donors (Lipinski definition) is 2. The number of halogens is 1. The molecule has 0 unspecified atom stereocenters. The third-order valence-corrected chi connectivity index (χ3v) is 6.10. The summed E-state index contributed by atoms with van der Waals surface area (Å²) in [5.41, 5.74) is 8.01. The van der Waals surface area contributed by atoms with E-state index in [-0.39, 0.29) is 18.0 Å². The fourth-order valence-electron chi connectivity index (χ4n) is 3.48. The summed E-state index contributed by atoms with van der Waals surface area (Å²) >= 11 is 1.77. The number of hydrogen-bond acceptors (Lipinski definition) is 5. The molecule has 0 aromatic carbocycles. The Labute approximate surface area is 151 Å². The molecule has 1 amide bonds. The fourth-order valence-corrected chi connectivity index (χ4v) is 4.87. The highest BCUT2D eigenvalue weighted by molar-refractivity contribution is 7.15. The van der Waals surface area contributed by atoms with Crippen molar-refractivity contribution >= 4 is 29.7 Å². The third-order valence-electron chi connectivity index (χ3n) is 4.69. The number of thiophene rings is 1. The molecule has 3 N–H and O–H groups in total. The van der Waals surface area contributed by atoms with E-state index in [0.717, 1.165) is 49.4 Å². The lowest BCUT2D eigenvalue weighted by Crippen LogP contribution is -2.43. The average Bonchev–Trinajstić information content (AvgIpc) is 3.02. The van der Waals surface area contributed by atoms with Gasteiger partial charge in [0.1, 0.15) is 5.60 Å². The zero-order valence-electron chi connectivity index (χ0n) is 13.2. The quantitative estimate of drug-likeness (QED) is 0.857. The van der Waals surface area contributed by atoms with Crippen LogP contribution in [0.15, 0.2) is 24.5 Å². The first-order valence-corrected chi connectivity index (χ1v) is 8.73. The Kier molecular flexibility index (Phi) is 4.92. The summed E-state index contributed by atoms with van der Waals surface area (Å²) in [4.78, 5) is 18.0. The number of nitrogens with zero attached hydrogens (tertiary/aromatic N) is 1. The number of primary amides is 1. The number of rotatable bonds is 2. The van der Waals surface area contributed by atoms with E-state index in [1.54, 1.807) is 17.5 Å². The highest BCUT2D eigenvalue weighted by Gasteiger charge is 2.40. The van der Waals surface area contributed by atoms with Gasteiger partial charge >= 0.3 is 0 Å². The molecule has 128 valence electrons. The molecule has 2 aromatic rings. The van der Waals surface area contributed by atoms with Crippen LogP contribution in [0.3, 0.4) is 0 Å². The SMILES string of the molecule is Cl.NC(=O)c1cncc(-c2cc3c(s2)C2(CCNCC2)OCC3)c1. The monoisotopic (exact) mass is 365 g/mol. The van der Waals surface area contributed by atoms with Gasteiger partial charge < -0.3 is 15.8 Å². The van der Waals surface area contributed by atoms with Crippen LogP contribution in [0.25, 0.3) is 10.4 Å². The smallest absolute Gasteiger partial charge is 0.250 e. The van der Waals surface area contributed by atoms with Crippen molar-refractivity contribution in [2.24, 2.45) is 5.73 Å². The Balaban J connectivity index is 0.00000169. The molecule has 2 aromatic heterocycles. The second-order valence-corrected chi connectivity index (χ2v) is 7.19. The summed E-state index contributed by atoms with van der Waals surface area (Å²) in [7, 11) is 0. The molecule has 2 aliphatic heterocycles. The number of carbonyl (C=O) groups is 1. The van der Waals surface area contributed by atoms with Crippen LogP contribution in [-0.2, 0) is 16.8 Å². The van der Waals surface area contributed by atoms with Crippen molar-refractivity contribution in [3.8, 4) is 10.4 Å². The number of pyridine rings is 1. The van der Waals surface area contributed by atoms with Crippen molar-refractivity contribution < 1.29 is 9.53 Å². The summed E-state index contributed by atoms with van der Waals surface area (Å²) < 4.78 is 6.22. The zero-order chi connectivity index (χ0) is 15.9. The van der Waals surface area contributed by atoms with Crippen LogP contribution >= 0.6 is 23.7 Å². The molecule has 24 heavy (non-hydrogen) atoms. The number of aromatic nitrogens is 1. The van der Waals surface area contributed by atoms with Crippen molar-refractivity contribution in [1.29, 1.82) is 0 Å². The minimum Gasteiger partial charge on any atom is -0.369 e. The lowest BCUT2D eigenvalue weighted by atomic mass is 9.86. The first kappa shape index (κ1) is 17.4. The molecule has 0 aliphatic carbocycles. The van der Waals surface area contributed by atoms with Crippen molar-refractivity contribution in [3.63, 3.8) is 0 Å². The van der Waals surface area contributed by atoms with Crippen LogP contribution < -0.4 is 11.1 Å². The number of nitrogens with one attached hydrogen (secondary N) is 1. The molecular formula is C17H20ClN3O2S. The molecule has 4 heterocycles. The number of ether oxygens (including phenoxy) is 1. The second kappa shape index (κ2) is 6.80. The maximum atomic E-state index is 11.4. The van der Waals surface area contributed by atoms with Crippen LogP contribution in [0.1, 0.15) is 33.6 Å². The molecule has 1 fully saturated rings. The summed E-state index contributed by atoms with van der Waals surface area (Å²) in [6.07, 6.45) is 6.28. The van der Waals surface area contributed by atoms with Gasteiger partial charge in [0.05, 0.1) is 12.2 Å². The summed E-state index contributed by atoms with van der Waals surface area (Å²) in [6.45, 7) is 2.76. The molecule has 2 aliphatic rings. The molecular weight excluding hydrogens is 346 g/mol. The van der Waals surface area contributed by atoms with Crippen LogP contribution in [0, 0.1) is 0 Å². The Bertz CT molecular complexity index is 756. The Morgan fingerprint density at radius 3 is 2.83 bits per heavy atom. The van der Waals surface area contributed by atoms with Gasteiger partial charge in [-0.3, -0.25) is 9.78 Å². The van der Waals surface area contributed by atoms with Crippen molar-refractivity contribution in [3.05, 3.63) is 40.5 Å². The maximum Gasteiger partial charge on any atom is 0.250 e. The van der Waals surface area contributed by atoms with Crippen molar-refractivity contribution in [2.75, 3.05) is 19.7 Å². The highest BCUT2D eigenvalue weighted by atomic mass is 35.5. The second-order valence-electron chi connectivity index (χ2n) is 6.13. The molecule has 1 spiro atoms. The van der Waals surface area contributed by atoms with Gasteiger partial charge in [-0.2, -0.15) is 0 Å². The average molecular weight is 366 g/mol. The van der Waals surface area contributed by atoms with E-state index in [2.05, 4.69) is 16.4 Å². The summed E-state index contributed by atoms with van der Waals surface area (Å²) in [6, 6.07) is 4.05. The standard InChI is InChI=1S/C17H19N3O2S.ClH/c18-16(21)13-7-12(9-20-10-13)14-8-11-1-6-22-17(15(11)23-14)2-4-19-5-3-17;/h7-10,19H,1-6H2,(H2,18,21);1H. The topological polar surface area (TPSA) is 77.2 Å². The minimum absolute atomic E-state index is 0. The van der Waals surface area contributed by atoms with Gasteiger partial charge in [-0.1, -0.05) is 0 Å². The highest BCUT2D eigenvalue weighted by Crippen LogP contribution is 2.46. The molecule has 4 rings (SSSR count). The van der Waals surface area contributed by atoms with Crippen LogP contribution in [0.2, 0.25) is 0 Å². The van der Waals surface area contributed by atoms with E-state index in [0.29, 0.717) is 5.56 Å². The van der Waals surface area contributed by atoms with E-state index in [1.165, 1.54) is 16.6 Å². The van der Waals surface area contributed by atoms with Crippen LogP contribution in [-0.4, -0.2) is 30.6 Å². The van der Waals surface area contributed by atoms with Crippen LogP contribution in [0.4, 0.5) is 0 Å². The summed E-state index contributed by atoms with van der Waals surface area (Å²) in [5, 5.41) is 3.41. The molecule has 0 atom stereocenters. The number of fused-ring (bicyclic) bond motifs is 2. The Morgan fingerprint density at radius 1 is 1.29 bits per heavy atom. The number of nitrogens with two attached hydrogens (primary N) is 1. The lowest BCUT2D eigenvalue weighted by molar-refractivity contribution is -0.0771. The number of carbonyl (C=O) groups excluding carboxylic acids is 1. The predicted octanol–water partition coefficient (Wildman–Crippen LogP) is 2.48. The Hall–Kier alpha value is -1.47. The minimum atomic E-state index is -0.446. The fraction of sp³-hybridized carbons (Fsp3) is 0.412. The van der Waals surface area contributed by atoms with E-state index in [4.69, 9.17) is 10.5 Å². The van der Waals surface area contributed by atoms with Gasteiger partial charge in [-0.05, 0) is 50.0 Å². The Morgan fingerprint density at radius 2 is 2.08 bits per heavy atom. The summed E-state index contributed by atoms with van der Waals surface area (Å²) in [5.74, 6) is -0.446. The van der Waals surface area contributed by atoms with Gasteiger partial charge in [0.2, 0.25) is 5.91 Å². The lowest BCUT2D eigenvalue weighted by Gasteiger charge is -2.40.